The maximum atomic E-state index is 12.0. The highest BCUT2D eigenvalue weighted by Crippen LogP contribution is 2.26. The maximum absolute atomic E-state index is 12.0. The summed E-state index contributed by atoms with van der Waals surface area (Å²) in [5.74, 6) is -0.830. The number of rotatable bonds is 5. The summed E-state index contributed by atoms with van der Waals surface area (Å²) in [4.78, 5) is 12.0. The molecular formula is C13H15NO5S. The Hall–Kier alpha value is -1.86. The Morgan fingerprint density at radius 2 is 2.05 bits per heavy atom. The van der Waals surface area contributed by atoms with E-state index in [1.165, 1.54) is 0 Å². The first-order chi connectivity index (χ1) is 9.42. The van der Waals surface area contributed by atoms with Gasteiger partial charge in [-0.15, -0.1) is 0 Å². The van der Waals surface area contributed by atoms with Crippen molar-refractivity contribution in [2.24, 2.45) is 0 Å². The largest absolute Gasteiger partial charge is 0.450 e. The number of furan rings is 1. The van der Waals surface area contributed by atoms with Crippen LogP contribution in [0.25, 0.3) is 11.0 Å². The molecule has 1 aromatic heterocycles. The summed E-state index contributed by atoms with van der Waals surface area (Å²) in [6.45, 7) is 2.49. The molecule has 0 bridgehead atoms. The van der Waals surface area contributed by atoms with E-state index in [9.17, 15) is 13.2 Å². The molecule has 1 amide bonds. The van der Waals surface area contributed by atoms with Gasteiger partial charge in [-0.1, -0.05) is 18.2 Å². The lowest BCUT2D eigenvalue weighted by Crippen LogP contribution is -2.29. The van der Waals surface area contributed by atoms with Crippen LogP contribution in [0.4, 0.5) is 0 Å². The van der Waals surface area contributed by atoms with E-state index in [1.807, 2.05) is 17.7 Å². The van der Waals surface area contributed by atoms with Crippen molar-refractivity contribution >= 4 is 26.9 Å². The maximum Gasteiger partial charge on any atom is 0.300 e. The van der Waals surface area contributed by atoms with Gasteiger partial charge in [-0.05, 0) is 13.0 Å². The van der Waals surface area contributed by atoms with Gasteiger partial charge in [0.15, 0.2) is 5.76 Å². The van der Waals surface area contributed by atoms with Crippen molar-refractivity contribution in [3.05, 3.63) is 35.6 Å². The van der Waals surface area contributed by atoms with E-state index in [2.05, 4.69) is 0 Å². The predicted octanol–water partition coefficient (Wildman–Crippen LogP) is 1.66. The first kappa shape index (κ1) is 14.5. The van der Waals surface area contributed by atoms with Gasteiger partial charge in [0.1, 0.15) is 5.58 Å². The summed E-state index contributed by atoms with van der Waals surface area (Å²) < 4.78 is 35.0. The third kappa shape index (κ3) is 3.17. The van der Waals surface area contributed by atoms with E-state index in [0.29, 0.717) is 17.8 Å². The number of amides is 1. The number of hydrogen-bond donors (Lipinski definition) is 1. The van der Waals surface area contributed by atoms with Gasteiger partial charge in [-0.25, -0.2) is 13.1 Å². The highest BCUT2D eigenvalue weighted by atomic mass is 32.2. The van der Waals surface area contributed by atoms with Crippen molar-refractivity contribution in [1.82, 2.24) is 4.72 Å². The van der Waals surface area contributed by atoms with Crippen molar-refractivity contribution in [3.8, 4) is 0 Å². The van der Waals surface area contributed by atoms with Crippen LogP contribution in [0.2, 0.25) is 0 Å². The fourth-order valence-electron chi connectivity index (χ4n) is 1.84. The second kappa shape index (κ2) is 5.64. The van der Waals surface area contributed by atoms with Gasteiger partial charge in [0.05, 0.1) is 12.9 Å². The molecule has 2 aromatic rings. The molecule has 1 N–H and O–H groups in total. The molecule has 0 aliphatic carbocycles. The number of benzene rings is 1. The second-order valence-electron chi connectivity index (χ2n) is 4.25. The van der Waals surface area contributed by atoms with Crippen LogP contribution in [0.3, 0.4) is 0 Å². The van der Waals surface area contributed by atoms with E-state index in [-0.39, 0.29) is 12.4 Å². The van der Waals surface area contributed by atoms with Crippen LogP contribution in [-0.2, 0) is 21.4 Å². The Balaban J connectivity index is 2.48. The standard InChI is InChI=1S/C13H15NO5S/c1-3-18-8-10-9-6-4-5-7-11(9)19-12(10)13(15)14-20(2,16)17/h4-7H,3,8H2,1-2H3,(H,14,15). The molecule has 0 unspecified atom stereocenters. The minimum Gasteiger partial charge on any atom is -0.450 e. The molecule has 6 nitrogen and oxygen atoms in total. The van der Waals surface area contributed by atoms with Gasteiger partial charge < -0.3 is 9.15 Å². The molecular weight excluding hydrogens is 282 g/mol. The molecule has 1 heterocycles. The number of para-hydroxylation sites is 1. The molecule has 0 atom stereocenters. The van der Waals surface area contributed by atoms with E-state index < -0.39 is 15.9 Å². The van der Waals surface area contributed by atoms with Crippen molar-refractivity contribution in [3.63, 3.8) is 0 Å². The summed E-state index contributed by atoms with van der Waals surface area (Å²) in [7, 11) is -3.65. The van der Waals surface area contributed by atoms with Gasteiger partial charge in [-0.2, -0.15) is 0 Å². The normalized spacial score (nSPS) is 11.7. The van der Waals surface area contributed by atoms with Crippen LogP contribution in [0.1, 0.15) is 23.0 Å². The Bertz CT molecular complexity index is 732. The third-order valence-electron chi connectivity index (χ3n) is 2.63. The average Bonchev–Trinajstić information content (AvgIpc) is 2.73. The molecule has 108 valence electrons. The second-order valence-corrected chi connectivity index (χ2v) is 5.99. The lowest BCUT2D eigenvalue weighted by Gasteiger charge is -2.03. The minimum absolute atomic E-state index is 0.0370. The van der Waals surface area contributed by atoms with E-state index in [4.69, 9.17) is 9.15 Å². The number of nitrogens with one attached hydrogen (secondary N) is 1. The molecule has 0 saturated heterocycles. The van der Waals surface area contributed by atoms with Crippen LogP contribution >= 0.6 is 0 Å². The van der Waals surface area contributed by atoms with Crippen LogP contribution < -0.4 is 4.72 Å². The summed E-state index contributed by atoms with van der Waals surface area (Å²) >= 11 is 0. The fraction of sp³-hybridized carbons (Fsp3) is 0.308. The van der Waals surface area contributed by atoms with Crippen molar-refractivity contribution < 1.29 is 22.4 Å². The lowest BCUT2D eigenvalue weighted by atomic mass is 10.1. The van der Waals surface area contributed by atoms with E-state index in [1.54, 1.807) is 18.2 Å². The SMILES string of the molecule is CCOCc1c(C(=O)NS(C)(=O)=O)oc2ccccc12. The molecule has 0 radical (unpaired) electrons. The summed E-state index contributed by atoms with van der Waals surface area (Å²) in [6, 6.07) is 7.09. The minimum atomic E-state index is -3.65. The van der Waals surface area contributed by atoms with E-state index in [0.717, 1.165) is 11.6 Å². The zero-order chi connectivity index (χ0) is 14.8. The Kier molecular flexibility index (Phi) is 4.10. The quantitative estimate of drug-likeness (QED) is 0.907. The number of hydrogen-bond acceptors (Lipinski definition) is 5. The highest BCUT2D eigenvalue weighted by molar-refractivity contribution is 7.89. The third-order valence-corrected chi connectivity index (χ3v) is 3.19. The Morgan fingerprint density at radius 1 is 1.35 bits per heavy atom. The topological polar surface area (TPSA) is 85.6 Å². The number of fused-ring (bicyclic) bond motifs is 1. The molecule has 0 aliphatic rings. The van der Waals surface area contributed by atoms with Gasteiger partial charge >= 0.3 is 5.91 Å². The van der Waals surface area contributed by atoms with E-state index >= 15 is 0 Å². The van der Waals surface area contributed by atoms with Gasteiger partial charge in [0, 0.05) is 17.6 Å². The van der Waals surface area contributed by atoms with Crippen LogP contribution in [0.5, 0.6) is 0 Å². The van der Waals surface area contributed by atoms with Crippen LogP contribution in [-0.4, -0.2) is 27.2 Å². The highest BCUT2D eigenvalue weighted by Gasteiger charge is 2.22. The van der Waals surface area contributed by atoms with Gasteiger partial charge in [-0.3, -0.25) is 4.79 Å². The number of carbonyl (C=O) groups excluding carboxylic acids is 1. The van der Waals surface area contributed by atoms with Crippen molar-refractivity contribution in [2.45, 2.75) is 13.5 Å². The Morgan fingerprint density at radius 3 is 2.70 bits per heavy atom. The fourth-order valence-corrected chi connectivity index (χ4v) is 2.27. The molecule has 2 rings (SSSR count). The van der Waals surface area contributed by atoms with Crippen LogP contribution in [0.15, 0.2) is 28.7 Å². The molecule has 0 fully saturated rings. The van der Waals surface area contributed by atoms with Crippen molar-refractivity contribution in [1.29, 1.82) is 0 Å². The first-order valence-corrected chi connectivity index (χ1v) is 7.91. The zero-order valence-electron chi connectivity index (χ0n) is 11.2. The molecule has 20 heavy (non-hydrogen) atoms. The van der Waals surface area contributed by atoms with Crippen LogP contribution in [0, 0.1) is 0 Å². The lowest BCUT2D eigenvalue weighted by molar-refractivity contribution is 0.0943. The first-order valence-electron chi connectivity index (χ1n) is 6.02. The summed E-state index contributed by atoms with van der Waals surface area (Å²) in [6.07, 6.45) is 0.912. The summed E-state index contributed by atoms with van der Waals surface area (Å²) in [5, 5.41) is 0.736. The monoisotopic (exact) mass is 297 g/mol. The molecule has 0 aliphatic heterocycles. The predicted molar refractivity (Wildman–Crippen MR) is 73.9 cm³/mol. The zero-order valence-corrected chi connectivity index (χ0v) is 12.0. The van der Waals surface area contributed by atoms with Gasteiger partial charge in [0.25, 0.3) is 0 Å². The molecule has 0 spiro atoms. The Labute approximate surface area is 116 Å². The molecule has 0 saturated carbocycles. The smallest absolute Gasteiger partial charge is 0.300 e. The molecule has 1 aromatic carbocycles. The van der Waals surface area contributed by atoms with Crippen molar-refractivity contribution in [2.75, 3.05) is 12.9 Å². The molecule has 7 heteroatoms. The number of sulfonamides is 1. The van der Waals surface area contributed by atoms with Gasteiger partial charge in [0.2, 0.25) is 10.0 Å². The summed E-state index contributed by atoms with van der Waals surface area (Å²) in [5.41, 5.74) is 1.06. The number of carbonyl (C=O) groups is 1. The average molecular weight is 297 g/mol. The number of ether oxygens (including phenoxy) is 1.